The van der Waals surface area contributed by atoms with Gasteiger partial charge in [0.1, 0.15) is 0 Å². The van der Waals surface area contributed by atoms with Crippen LogP contribution in [0.25, 0.3) is 0 Å². The largest absolute Gasteiger partial charge is 0.529 e. The molecule has 2 unspecified atom stereocenters. The van der Waals surface area contributed by atoms with Gasteiger partial charge >= 0.3 is 28.6 Å². The van der Waals surface area contributed by atoms with Gasteiger partial charge in [0.25, 0.3) is 0 Å². The highest BCUT2D eigenvalue weighted by Crippen LogP contribution is 2.12. The van der Waals surface area contributed by atoms with Crippen molar-refractivity contribution in [2.24, 2.45) is 11.8 Å². The third-order valence-electron chi connectivity index (χ3n) is 3.50. The van der Waals surface area contributed by atoms with Crippen molar-refractivity contribution in [3.63, 3.8) is 0 Å². The molecule has 0 bridgehead atoms. The predicted molar refractivity (Wildman–Crippen MR) is 89.9 cm³/mol. The molecule has 0 saturated heterocycles. The maximum absolute atomic E-state index is 10.4. The van der Waals surface area contributed by atoms with Crippen molar-refractivity contribution in [3.05, 3.63) is 0 Å². The first-order valence-electron chi connectivity index (χ1n) is 8.15. The zero-order chi connectivity index (χ0) is 18.0. The third kappa shape index (κ3) is 17.5. The first kappa shape index (κ1) is 26.3. The molecule has 0 saturated carbocycles. The number of hydrogen-bond acceptors (Lipinski definition) is 3. The van der Waals surface area contributed by atoms with Crippen molar-refractivity contribution in [2.75, 3.05) is 0 Å². The van der Waals surface area contributed by atoms with E-state index < -0.39 is 11.9 Å². The zero-order valence-electron chi connectivity index (χ0n) is 14.5. The Labute approximate surface area is 143 Å². The van der Waals surface area contributed by atoms with Gasteiger partial charge in [-0.15, -0.1) is 0 Å². The lowest BCUT2D eigenvalue weighted by molar-refractivity contribution is -0.143. The Morgan fingerprint density at radius 1 is 0.773 bits per heavy atom. The first-order valence-corrected chi connectivity index (χ1v) is 8.67. The molecule has 130 valence electrons. The molecule has 0 aromatic heterocycles. The van der Waals surface area contributed by atoms with E-state index in [1.807, 2.05) is 13.8 Å². The lowest BCUT2D eigenvalue weighted by Crippen LogP contribution is -2.11. The second kappa shape index (κ2) is 20.4. The molecule has 0 fully saturated rings. The lowest BCUT2D eigenvalue weighted by atomic mass is 10.00. The standard InChI is InChI=1S/2C8H16O2.Al.H2O/c2*1-3-5-6-7(4-2)8(9)10;;/h2*7H,3-6H2,1-2H3,(H,9,10);;1H2/q;;+1;/p-1. The van der Waals surface area contributed by atoms with Gasteiger partial charge < -0.3 is 14.4 Å². The van der Waals surface area contributed by atoms with E-state index in [1.165, 1.54) is 16.6 Å². The van der Waals surface area contributed by atoms with E-state index in [-0.39, 0.29) is 11.8 Å². The van der Waals surface area contributed by atoms with E-state index in [2.05, 4.69) is 13.8 Å². The summed E-state index contributed by atoms with van der Waals surface area (Å²) in [5, 5.41) is 17.2. The SMILES string of the molecule is CCCCC(CC)C(=O)O.CCCCC(CC)C(=O)O.[OH][Al]. The van der Waals surface area contributed by atoms with Gasteiger partial charge in [0.05, 0.1) is 11.8 Å². The van der Waals surface area contributed by atoms with Gasteiger partial charge in [-0.1, -0.05) is 53.4 Å². The summed E-state index contributed by atoms with van der Waals surface area (Å²) in [5.74, 6) is -1.51. The van der Waals surface area contributed by atoms with Gasteiger partial charge in [-0.25, -0.2) is 0 Å². The molecule has 0 rings (SSSR count). The van der Waals surface area contributed by atoms with Crippen LogP contribution in [-0.2, 0) is 9.59 Å². The maximum Gasteiger partial charge on any atom is 0.363 e. The molecule has 2 radical (unpaired) electrons. The van der Waals surface area contributed by atoms with Crippen LogP contribution in [0.15, 0.2) is 0 Å². The molecule has 5 nitrogen and oxygen atoms in total. The molecule has 3 N–H and O–H groups in total. The Balaban J connectivity index is -0.000000294. The number of rotatable bonds is 10. The van der Waals surface area contributed by atoms with Crippen LogP contribution in [0.4, 0.5) is 0 Å². The number of carbonyl (C=O) groups is 2. The Morgan fingerprint density at radius 2 is 1.05 bits per heavy atom. The van der Waals surface area contributed by atoms with Gasteiger partial charge in [0.2, 0.25) is 0 Å². The van der Waals surface area contributed by atoms with E-state index in [4.69, 9.17) is 14.4 Å². The Morgan fingerprint density at radius 3 is 1.18 bits per heavy atom. The Kier molecular flexibility index (Phi) is 24.5. The maximum atomic E-state index is 10.4. The zero-order valence-corrected chi connectivity index (χ0v) is 15.7. The van der Waals surface area contributed by atoms with Crippen LogP contribution in [-0.4, -0.2) is 42.9 Å². The lowest BCUT2D eigenvalue weighted by Gasteiger charge is -2.06. The highest BCUT2D eigenvalue weighted by atomic mass is 27.1. The number of carboxylic acids is 2. The summed E-state index contributed by atoms with van der Waals surface area (Å²) in [7, 11) is 0. The highest BCUT2D eigenvalue weighted by Gasteiger charge is 2.13. The van der Waals surface area contributed by atoms with Crippen LogP contribution in [0, 0.1) is 11.8 Å². The van der Waals surface area contributed by atoms with Crippen molar-refractivity contribution in [3.8, 4) is 0 Å². The van der Waals surface area contributed by atoms with E-state index >= 15 is 0 Å². The fourth-order valence-electron chi connectivity index (χ4n) is 1.91. The number of hydrogen-bond donors (Lipinski definition) is 3. The minimum atomic E-state index is -0.643. The molecular weight excluding hydrogens is 299 g/mol. The topological polar surface area (TPSA) is 94.8 Å². The molecule has 0 spiro atoms. The fraction of sp³-hybridized carbons (Fsp3) is 0.875. The summed E-state index contributed by atoms with van der Waals surface area (Å²) in [4.78, 5) is 20.9. The molecule has 22 heavy (non-hydrogen) atoms. The molecular formula is C16H33AlO5. The molecule has 0 aliphatic rings. The van der Waals surface area contributed by atoms with Crippen LogP contribution in [0.3, 0.4) is 0 Å². The van der Waals surface area contributed by atoms with Gasteiger partial charge in [-0.3, -0.25) is 9.59 Å². The molecule has 0 aliphatic carbocycles. The van der Waals surface area contributed by atoms with Crippen LogP contribution < -0.4 is 0 Å². The van der Waals surface area contributed by atoms with Gasteiger partial charge in [-0.05, 0) is 25.7 Å². The molecule has 6 heteroatoms. The summed E-state index contributed by atoms with van der Waals surface area (Å²) < 4.78 is 6.92. The van der Waals surface area contributed by atoms with E-state index in [0.717, 1.165) is 51.4 Å². The Bertz CT molecular complexity index is 233. The van der Waals surface area contributed by atoms with Crippen molar-refractivity contribution in [2.45, 2.75) is 79.1 Å². The monoisotopic (exact) mass is 332 g/mol. The summed E-state index contributed by atoms with van der Waals surface area (Å²) in [5.41, 5.74) is 0. The van der Waals surface area contributed by atoms with E-state index in [0.29, 0.717) is 0 Å². The van der Waals surface area contributed by atoms with E-state index in [1.54, 1.807) is 0 Å². The minimum Gasteiger partial charge on any atom is -0.529 e. The second-order valence-corrected chi connectivity index (χ2v) is 5.17. The van der Waals surface area contributed by atoms with Crippen molar-refractivity contribution in [1.29, 1.82) is 0 Å². The van der Waals surface area contributed by atoms with Crippen molar-refractivity contribution >= 4 is 28.6 Å². The fourth-order valence-corrected chi connectivity index (χ4v) is 1.91. The van der Waals surface area contributed by atoms with Gasteiger partial charge in [0.15, 0.2) is 0 Å². The molecule has 2 atom stereocenters. The summed E-state index contributed by atoms with van der Waals surface area (Å²) in [6.45, 7) is 8.01. The first-order chi connectivity index (χ1) is 10.4. The average Bonchev–Trinajstić information content (AvgIpc) is 2.51. The average molecular weight is 332 g/mol. The van der Waals surface area contributed by atoms with Crippen LogP contribution in [0.5, 0.6) is 0 Å². The summed E-state index contributed by atoms with van der Waals surface area (Å²) in [6.07, 6.45) is 7.43. The van der Waals surface area contributed by atoms with Crippen LogP contribution in [0.1, 0.15) is 79.1 Å². The Hall–Kier alpha value is -0.568. The second-order valence-electron chi connectivity index (χ2n) is 5.17. The predicted octanol–water partition coefficient (Wildman–Crippen LogP) is 3.64. The van der Waals surface area contributed by atoms with Gasteiger partial charge in [-0.2, -0.15) is 0 Å². The quantitative estimate of drug-likeness (QED) is 0.531. The van der Waals surface area contributed by atoms with Crippen molar-refractivity contribution < 1.29 is 24.0 Å². The summed E-state index contributed by atoms with van der Waals surface area (Å²) >= 11 is 1.42. The number of aliphatic carboxylic acids is 2. The molecule has 0 amide bonds. The summed E-state index contributed by atoms with van der Waals surface area (Å²) in [6, 6.07) is 0. The number of carboxylic acid groups (broad SMARTS) is 2. The van der Waals surface area contributed by atoms with Crippen LogP contribution >= 0.6 is 0 Å². The minimum absolute atomic E-state index is 0.111. The van der Waals surface area contributed by atoms with Crippen molar-refractivity contribution in [1.82, 2.24) is 0 Å². The molecule has 0 heterocycles. The van der Waals surface area contributed by atoms with Crippen LogP contribution in [0.2, 0.25) is 0 Å². The molecule has 0 aliphatic heterocycles. The van der Waals surface area contributed by atoms with Gasteiger partial charge in [0, 0.05) is 0 Å². The number of unbranched alkanes of at least 4 members (excludes halogenated alkanes) is 2. The highest BCUT2D eigenvalue weighted by molar-refractivity contribution is 5.95. The normalized spacial score (nSPS) is 12.0. The molecule has 0 aromatic carbocycles. The smallest absolute Gasteiger partial charge is 0.363 e. The van der Waals surface area contributed by atoms with E-state index in [9.17, 15) is 9.59 Å². The third-order valence-corrected chi connectivity index (χ3v) is 3.50. The molecule has 0 aromatic rings.